The Morgan fingerprint density at radius 1 is 1.07 bits per heavy atom. The Bertz CT molecular complexity index is 299. The summed E-state index contributed by atoms with van der Waals surface area (Å²) < 4.78 is 28.7. The van der Waals surface area contributed by atoms with Crippen LogP contribution in [0.1, 0.15) is 6.42 Å². The van der Waals surface area contributed by atoms with Gasteiger partial charge in [0.2, 0.25) is 0 Å². The van der Waals surface area contributed by atoms with Crippen LogP contribution in [0.25, 0.3) is 0 Å². The van der Waals surface area contributed by atoms with Crippen molar-refractivity contribution in [3.63, 3.8) is 0 Å². The summed E-state index contributed by atoms with van der Waals surface area (Å²) in [6.45, 7) is 0. The first-order chi connectivity index (χ1) is 5.25. The molecule has 0 rings (SSSR count). The first-order valence-electron chi connectivity index (χ1n) is 2.66. The van der Waals surface area contributed by atoms with Crippen molar-refractivity contribution in [3.05, 3.63) is 0 Å². The predicted octanol–water partition coefficient (Wildman–Crippen LogP) is -0.712. The van der Waals surface area contributed by atoms with Gasteiger partial charge in [0.15, 0.2) is 5.25 Å². The van der Waals surface area contributed by atoms with Gasteiger partial charge in [0.05, 0.1) is 6.42 Å². The van der Waals surface area contributed by atoms with Crippen molar-refractivity contribution in [2.45, 2.75) is 11.7 Å². The lowest BCUT2D eigenvalue weighted by Gasteiger charge is -2.04. The molecule has 0 aliphatic carbocycles. The van der Waals surface area contributed by atoms with E-state index in [9.17, 15) is 18.0 Å². The minimum atomic E-state index is -4.84. The van der Waals surface area contributed by atoms with Gasteiger partial charge in [0.25, 0.3) is 10.1 Å². The van der Waals surface area contributed by atoms with Crippen molar-refractivity contribution in [1.82, 2.24) is 18.5 Å². The van der Waals surface area contributed by atoms with E-state index in [-0.39, 0.29) is 18.5 Å². The van der Waals surface area contributed by atoms with E-state index in [1.165, 1.54) is 0 Å². The molecule has 0 aromatic heterocycles. The quantitative estimate of drug-likeness (QED) is 0.342. The molecular formula is C4H15N3O7S. The molecular weight excluding hydrogens is 234 g/mol. The van der Waals surface area contributed by atoms with Gasteiger partial charge >= 0.3 is 11.9 Å². The molecule has 12 N–H and O–H groups in total. The van der Waals surface area contributed by atoms with E-state index >= 15 is 0 Å². The third kappa shape index (κ3) is 9.04. The lowest BCUT2D eigenvalue weighted by molar-refractivity contribution is -0.143. The van der Waals surface area contributed by atoms with Gasteiger partial charge in [-0.15, -0.1) is 0 Å². The Morgan fingerprint density at radius 2 is 1.40 bits per heavy atom. The van der Waals surface area contributed by atoms with Crippen molar-refractivity contribution in [2.75, 3.05) is 0 Å². The Balaban J connectivity index is -0.000000202. The molecule has 0 aromatic carbocycles. The largest absolute Gasteiger partial charge is 0.481 e. The second kappa shape index (κ2) is 8.07. The zero-order valence-corrected chi connectivity index (χ0v) is 8.61. The monoisotopic (exact) mass is 249 g/mol. The van der Waals surface area contributed by atoms with Crippen LogP contribution in [-0.4, -0.2) is 40.4 Å². The van der Waals surface area contributed by atoms with Gasteiger partial charge in [0.1, 0.15) is 0 Å². The van der Waals surface area contributed by atoms with Crippen LogP contribution in [-0.2, 0) is 19.7 Å². The fraction of sp³-hybridized carbons (Fsp3) is 0.500. The highest BCUT2D eigenvalue weighted by Crippen LogP contribution is 2.04. The summed E-state index contributed by atoms with van der Waals surface area (Å²) in [4.78, 5) is 20.0. The molecule has 1 unspecified atom stereocenters. The number of carbonyl (C=O) groups is 2. The second-order valence-electron chi connectivity index (χ2n) is 1.94. The third-order valence-corrected chi connectivity index (χ3v) is 2.08. The van der Waals surface area contributed by atoms with E-state index in [0.29, 0.717) is 0 Å². The van der Waals surface area contributed by atoms with Crippen molar-refractivity contribution in [1.29, 1.82) is 0 Å². The molecule has 0 aliphatic rings. The maximum Gasteiger partial charge on any atom is 0.325 e. The standard InChI is InChI=1S/C4H6O7S.3H3N/c5-3(6)1-2(4(7)8)12(9,10)11;;;/h2H,1H2,(H,5,6)(H,7,8)(H,9,10,11);3*1H3. The molecule has 0 radical (unpaired) electrons. The van der Waals surface area contributed by atoms with Crippen molar-refractivity contribution < 1.29 is 32.8 Å². The topological polar surface area (TPSA) is 234 Å². The Kier molecular flexibility index (Phi) is 12.6. The van der Waals surface area contributed by atoms with Gasteiger partial charge in [-0.1, -0.05) is 0 Å². The molecule has 0 heterocycles. The Morgan fingerprint density at radius 3 is 1.47 bits per heavy atom. The molecule has 0 aliphatic heterocycles. The molecule has 0 amide bonds. The average Bonchev–Trinajstić information content (AvgIpc) is 1.79. The van der Waals surface area contributed by atoms with Gasteiger partial charge in [-0.3, -0.25) is 14.1 Å². The van der Waals surface area contributed by atoms with Gasteiger partial charge in [0, 0.05) is 0 Å². The predicted molar refractivity (Wildman–Crippen MR) is 50.3 cm³/mol. The molecule has 11 heteroatoms. The average molecular weight is 249 g/mol. The van der Waals surface area contributed by atoms with Crippen molar-refractivity contribution in [3.8, 4) is 0 Å². The SMILES string of the molecule is N.N.N.O=C(O)CC(C(=O)O)S(=O)(=O)O. The first-order valence-corrected chi connectivity index (χ1v) is 4.16. The summed E-state index contributed by atoms with van der Waals surface area (Å²) in [5.74, 6) is -3.50. The maximum atomic E-state index is 10.2. The normalized spacial score (nSPS) is 11.0. The van der Waals surface area contributed by atoms with Crippen LogP contribution >= 0.6 is 0 Å². The number of carboxylic acids is 2. The van der Waals surface area contributed by atoms with Crippen LogP contribution in [0.3, 0.4) is 0 Å². The molecule has 15 heavy (non-hydrogen) atoms. The van der Waals surface area contributed by atoms with Crippen LogP contribution in [0.2, 0.25) is 0 Å². The number of aliphatic carboxylic acids is 2. The number of hydrogen-bond donors (Lipinski definition) is 6. The van der Waals surface area contributed by atoms with E-state index in [1.54, 1.807) is 0 Å². The summed E-state index contributed by atoms with van der Waals surface area (Å²) >= 11 is 0. The lowest BCUT2D eigenvalue weighted by Crippen LogP contribution is -2.31. The van der Waals surface area contributed by atoms with Crippen LogP contribution in [0.15, 0.2) is 0 Å². The van der Waals surface area contributed by atoms with Gasteiger partial charge < -0.3 is 28.7 Å². The van der Waals surface area contributed by atoms with Gasteiger partial charge in [-0.2, -0.15) is 8.42 Å². The fourth-order valence-corrected chi connectivity index (χ4v) is 1.09. The molecule has 0 saturated carbocycles. The summed E-state index contributed by atoms with van der Waals surface area (Å²) in [5.41, 5.74) is 0. The minimum absolute atomic E-state index is 0. The van der Waals surface area contributed by atoms with E-state index in [1.807, 2.05) is 0 Å². The van der Waals surface area contributed by atoms with Crippen LogP contribution in [0.4, 0.5) is 0 Å². The van der Waals surface area contributed by atoms with Gasteiger partial charge in [-0.05, 0) is 0 Å². The fourth-order valence-electron chi connectivity index (χ4n) is 0.479. The molecule has 1 atom stereocenters. The number of hydrogen-bond acceptors (Lipinski definition) is 7. The highest BCUT2D eigenvalue weighted by molar-refractivity contribution is 7.87. The van der Waals surface area contributed by atoms with E-state index in [4.69, 9.17) is 14.8 Å². The molecule has 94 valence electrons. The van der Waals surface area contributed by atoms with Crippen molar-refractivity contribution >= 4 is 22.1 Å². The molecule has 0 bridgehead atoms. The van der Waals surface area contributed by atoms with E-state index < -0.39 is 33.7 Å². The Hall–Kier alpha value is -1.27. The maximum absolute atomic E-state index is 10.2. The van der Waals surface area contributed by atoms with Crippen LogP contribution < -0.4 is 18.5 Å². The summed E-state index contributed by atoms with van der Waals surface area (Å²) in [7, 11) is -4.84. The molecule has 0 spiro atoms. The van der Waals surface area contributed by atoms with Crippen LogP contribution in [0.5, 0.6) is 0 Å². The lowest BCUT2D eigenvalue weighted by atomic mass is 10.3. The highest BCUT2D eigenvalue weighted by atomic mass is 32.2. The highest BCUT2D eigenvalue weighted by Gasteiger charge is 2.33. The Labute approximate surface area is 85.8 Å². The van der Waals surface area contributed by atoms with E-state index in [0.717, 1.165) is 0 Å². The van der Waals surface area contributed by atoms with Gasteiger partial charge in [-0.25, -0.2) is 0 Å². The van der Waals surface area contributed by atoms with Crippen LogP contribution in [0, 0.1) is 0 Å². The molecule has 0 fully saturated rings. The third-order valence-electron chi connectivity index (χ3n) is 0.995. The summed E-state index contributed by atoms with van der Waals surface area (Å²) in [5, 5.41) is 13.9. The summed E-state index contributed by atoms with van der Waals surface area (Å²) in [6.07, 6.45) is -1.16. The van der Waals surface area contributed by atoms with Crippen molar-refractivity contribution in [2.24, 2.45) is 0 Å². The molecule has 0 saturated heterocycles. The zero-order chi connectivity index (χ0) is 9.94. The molecule has 10 nitrogen and oxygen atoms in total. The number of rotatable bonds is 4. The second-order valence-corrected chi connectivity index (χ2v) is 3.54. The first kappa shape index (κ1) is 23.5. The molecule has 0 aromatic rings. The summed E-state index contributed by atoms with van der Waals surface area (Å²) in [6, 6.07) is 0. The minimum Gasteiger partial charge on any atom is -0.481 e. The van der Waals surface area contributed by atoms with E-state index in [2.05, 4.69) is 0 Å². The zero-order valence-electron chi connectivity index (χ0n) is 7.79. The smallest absolute Gasteiger partial charge is 0.325 e. The number of carboxylic acid groups (broad SMARTS) is 2.